The number of aldehydes is 1. The molecule has 3 fully saturated rings. The van der Waals surface area contributed by atoms with Crippen molar-refractivity contribution in [3.05, 3.63) is 279 Å². The van der Waals surface area contributed by atoms with Crippen molar-refractivity contribution in [2.24, 2.45) is 0 Å². The summed E-state index contributed by atoms with van der Waals surface area (Å²) in [6, 6.07) is 51.3. The van der Waals surface area contributed by atoms with E-state index in [1.54, 1.807) is 18.2 Å². The molecule has 18 nitrogen and oxygen atoms in total. The molecule has 17 rings (SSSR count). The van der Waals surface area contributed by atoms with Crippen molar-refractivity contribution >= 4 is 24.2 Å². The van der Waals surface area contributed by atoms with Crippen LogP contribution in [0.4, 0.5) is 52.7 Å². The number of halogens is 12. The molecule has 658 valence electrons. The van der Waals surface area contributed by atoms with E-state index in [9.17, 15) is 77.0 Å². The fourth-order valence-electron chi connectivity index (χ4n) is 14.7. The Balaban J connectivity index is 0.000000177. The summed E-state index contributed by atoms with van der Waals surface area (Å²) >= 11 is 0. The first kappa shape index (κ1) is 96.4. The smallest absolute Gasteiger partial charge is 0.870 e. The van der Waals surface area contributed by atoms with E-state index in [0.717, 1.165) is 149 Å². The van der Waals surface area contributed by atoms with E-state index in [0.29, 0.717) is 127 Å². The first-order valence-corrected chi connectivity index (χ1v) is 39.3. The molecule has 0 atom stereocenters. The number of esters is 2. The van der Waals surface area contributed by atoms with Gasteiger partial charge in [-0.05, 0) is 205 Å². The molecule has 0 radical (unpaired) electrons. The fourth-order valence-corrected chi connectivity index (χ4v) is 14.7. The maximum atomic E-state index is 12.8. The normalized spacial score (nSPS) is 16.1. The third kappa shape index (κ3) is 24.2. The number of methoxy groups -OCH3 is 2. The van der Waals surface area contributed by atoms with Crippen molar-refractivity contribution in [3.63, 3.8) is 0 Å². The molecule has 4 aromatic heterocycles. The van der Waals surface area contributed by atoms with Gasteiger partial charge in [-0.15, -0.1) is 0 Å². The van der Waals surface area contributed by atoms with Crippen molar-refractivity contribution in [2.75, 3.05) is 53.5 Å². The van der Waals surface area contributed by atoms with Gasteiger partial charge in [-0.1, -0.05) is 81.6 Å². The van der Waals surface area contributed by atoms with Crippen LogP contribution in [0.25, 0.3) is 45.3 Å². The second-order valence-corrected chi connectivity index (χ2v) is 30.6. The van der Waals surface area contributed by atoms with Crippen LogP contribution in [0.2, 0.25) is 0 Å². The molecule has 31 heteroatoms. The predicted molar refractivity (Wildman–Crippen MR) is 434 cm³/mol. The molecule has 0 bridgehead atoms. The molecular formula is C94H92F12N3NaO15. The van der Waals surface area contributed by atoms with E-state index in [2.05, 4.69) is 26.8 Å². The van der Waals surface area contributed by atoms with E-state index in [1.165, 1.54) is 103 Å². The molecule has 3 saturated carbocycles. The van der Waals surface area contributed by atoms with E-state index >= 15 is 0 Å². The van der Waals surface area contributed by atoms with Crippen LogP contribution in [-0.2, 0) is 107 Å². The minimum Gasteiger partial charge on any atom is -0.870 e. The van der Waals surface area contributed by atoms with Gasteiger partial charge < -0.3 is 51.9 Å². The monoisotopic (exact) mass is 1750 g/mol. The zero-order chi connectivity index (χ0) is 85.7. The van der Waals surface area contributed by atoms with Crippen LogP contribution in [0.1, 0.15) is 137 Å². The van der Waals surface area contributed by atoms with Gasteiger partial charge >= 0.3 is 72.2 Å². The van der Waals surface area contributed by atoms with Crippen LogP contribution in [-0.4, -0.2) is 120 Å². The molecule has 0 spiro atoms. The zero-order valence-corrected chi connectivity index (χ0v) is 69.1. The summed E-state index contributed by atoms with van der Waals surface area (Å²) in [5.41, 5.74) is 4.14. The number of furan rings is 4. The summed E-state index contributed by atoms with van der Waals surface area (Å²) < 4.78 is 203. The van der Waals surface area contributed by atoms with Gasteiger partial charge in [0.05, 0.1) is 56.1 Å². The molecule has 0 unspecified atom stereocenters. The topological polar surface area (TPSA) is 227 Å². The Morgan fingerprint density at radius 2 is 0.608 bits per heavy atom. The molecule has 7 heterocycles. The van der Waals surface area contributed by atoms with Crippen molar-refractivity contribution in [2.45, 2.75) is 153 Å². The Bertz CT molecular complexity index is 5280. The minimum absolute atomic E-state index is 0. The maximum Gasteiger partial charge on any atom is 1.00 e. The van der Waals surface area contributed by atoms with Crippen LogP contribution in [0.5, 0.6) is 17.2 Å². The van der Waals surface area contributed by atoms with Gasteiger partial charge in [0, 0.05) is 100 Å². The van der Waals surface area contributed by atoms with Gasteiger partial charge in [-0.2, -0.15) is 52.7 Å². The van der Waals surface area contributed by atoms with Crippen LogP contribution in [0, 0.1) is 0 Å². The maximum absolute atomic E-state index is 12.8. The van der Waals surface area contributed by atoms with Crippen LogP contribution < -0.4 is 43.8 Å². The van der Waals surface area contributed by atoms with Gasteiger partial charge in [0.15, 0.2) is 12.0 Å². The molecule has 3 aliphatic carbocycles. The zero-order valence-electron chi connectivity index (χ0n) is 67.1. The Labute approximate surface area is 735 Å². The molecule has 6 aliphatic rings. The average molecular weight is 1750 g/mol. The number of fused-ring (bicyclic) bond motifs is 3. The summed E-state index contributed by atoms with van der Waals surface area (Å²) in [7, 11) is 2.76. The number of carboxylic acid groups (broad SMARTS) is 1. The molecular weight excluding hydrogens is 1660 g/mol. The molecule has 2 N–H and O–H groups in total. The third-order valence-electron chi connectivity index (χ3n) is 22.1. The largest absolute Gasteiger partial charge is 1.00 e. The number of alkyl halides is 12. The molecule has 0 saturated heterocycles. The summed E-state index contributed by atoms with van der Waals surface area (Å²) in [6.07, 6.45) is -8.06. The molecule has 11 aromatic rings. The second-order valence-electron chi connectivity index (χ2n) is 30.6. The van der Waals surface area contributed by atoms with Gasteiger partial charge in [0.25, 0.3) is 0 Å². The number of nitrogens with zero attached hydrogens (tertiary/aromatic N) is 3. The molecule has 3 aliphatic heterocycles. The SMILES string of the molecule is C.C.COC(=O)C1(Oc2ccc3c(c2)CCN(Cc2ccc(-c4ccc(C(F)(F)F)cc4)o2)CC3)CC1.COC(=O)C1(Oc2ccc3c(c2)CCN(Cc2ccc(-c4ccc(C(F)(F)F)cc4)o2)CC3)CC1.O=C(O)C1(Oc2ccc3c(c2)CCN(Cc2ccc(-c4ccc(C(F)(F)F)cc4)o2)CC3)CC1.O=Cc1ccc(-c2ccc(C(F)(F)F)cc2)o1.[Na+].[OH-]. The summed E-state index contributed by atoms with van der Waals surface area (Å²) in [4.78, 5) is 52.7. The average Bonchev–Trinajstić information content (AvgIpc) is 1.63. The first-order valence-electron chi connectivity index (χ1n) is 39.3. The van der Waals surface area contributed by atoms with Crippen LogP contribution >= 0.6 is 0 Å². The second kappa shape index (κ2) is 40.2. The fraction of sp³-hybridized carbons (Fsp3) is 0.340. The number of hydrogen-bond acceptors (Lipinski definition) is 17. The van der Waals surface area contributed by atoms with Crippen molar-refractivity contribution < 1.29 is 153 Å². The Hall–Kier alpha value is -10.9. The summed E-state index contributed by atoms with van der Waals surface area (Å²) in [5, 5.41) is 9.36. The summed E-state index contributed by atoms with van der Waals surface area (Å²) in [6.45, 7) is 6.83. The molecule has 0 amide bonds. The number of rotatable bonds is 20. The number of carbonyl (C=O) groups is 4. The van der Waals surface area contributed by atoms with Crippen molar-refractivity contribution in [1.82, 2.24) is 14.7 Å². The number of carboxylic acids is 1. The van der Waals surface area contributed by atoms with Gasteiger partial charge in [-0.3, -0.25) is 19.5 Å². The van der Waals surface area contributed by atoms with E-state index in [-0.39, 0.29) is 67.6 Å². The van der Waals surface area contributed by atoms with E-state index in [1.807, 2.05) is 60.7 Å². The number of hydrogen-bond donors (Lipinski definition) is 1. The van der Waals surface area contributed by atoms with Gasteiger partial charge in [-0.25, -0.2) is 14.4 Å². The number of benzene rings is 7. The number of aliphatic carboxylic acids is 1. The van der Waals surface area contributed by atoms with E-state index in [4.69, 9.17) is 41.4 Å². The van der Waals surface area contributed by atoms with Gasteiger partial charge in [0.2, 0.25) is 16.8 Å². The molecule has 7 aromatic carbocycles. The quantitative estimate of drug-likeness (QED) is 0.0324. The Morgan fingerprint density at radius 1 is 0.360 bits per heavy atom. The van der Waals surface area contributed by atoms with Crippen LogP contribution in [0.15, 0.2) is 218 Å². The number of carbonyl (C=O) groups excluding carboxylic acids is 3. The van der Waals surface area contributed by atoms with Gasteiger partial charge in [0.1, 0.15) is 57.6 Å². The number of ether oxygens (including phenoxy) is 5. The summed E-state index contributed by atoms with van der Waals surface area (Å²) in [5.74, 6) is 4.83. The molecule has 125 heavy (non-hydrogen) atoms. The first-order chi connectivity index (χ1) is 57.7. The third-order valence-corrected chi connectivity index (χ3v) is 22.1. The van der Waals surface area contributed by atoms with Crippen LogP contribution in [0.3, 0.4) is 0 Å². The Kier molecular flexibility index (Phi) is 31.0. The van der Waals surface area contributed by atoms with E-state index < -0.39 is 69.7 Å². The van der Waals surface area contributed by atoms with Crippen molar-refractivity contribution in [3.8, 4) is 62.5 Å². The Morgan fingerprint density at radius 3 is 0.840 bits per heavy atom. The van der Waals surface area contributed by atoms with Crippen molar-refractivity contribution in [1.29, 1.82) is 0 Å². The predicted octanol–water partition coefficient (Wildman–Crippen LogP) is 18.7. The minimum atomic E-state index is -4.36. The standard InChI is InChI=1S/2C27H26F3NO4.C26H24F3NO4.C12H7F3O2.2CH4.Na.H2O/c2*1-33-25(32)26(12-13-26)35-22-7-4-18-10-14-31(15-11-20(18)16-22)17-23-8-9-24(34-23)19-2-5-21(6-3-19)27(28,29)30;27-26(28,29)20-4-1-18(2-5-20)23-8-7-22(33-23)16-30-13-9-17-3-6-21(15-19(17)10-14-30)34-25(11-12-25)24(31)32;13-12(14,15)9-3-1-8(2-4-9)11-6-5-10(7-16)17-11;;;;/h2*2-9,16H,10-15,17H2,1H3;1-8,15H,9-14,16H2,(H,31,32);1-7H;2*1H4;;1H2/q;;;;;;+1;/p-1.